The Hall–Kier alpha value is -0.390. The highest BCUT2D eigenvalue weighted by Gasteiger charge is 2.22. The Morgan fingerprint density at radius 3 is 2.48 bits per heavy atom. The molecule has 0 aliphatic carbocycles. The molecule has 1 fully saturated rings. The molecule has 0 amide bonds. The Labute approximate surface area is 143 Å². The van der Waals surface area contributed by atoms with E-state index >= 15 is 0 Å². The van der Waals surface area contributed by atoms with E-state index in [1.165, 1.54) is 0 Å². The minimum atomic E-state index is 0. The molecule has 0 aromatic heterocycles. The SMILES string of the molecule is CC[C@@H](c1cc(Cl)c(O)c(OC)c1)N1CCNCC1.Cl.Cl. The van der Waals surface area contributed by atoms with Crippen LogP contribution < -0.4 is 10.1 Å². The molecule has 7 heteroatoms. The number of benzene rings is 1. The zero-order chi connectivity index (χ0) is 13.8. The predicted octanol–water partition coefficient (Wildman–Crippen LogP) is 3.25. The van der Waals surface area contributed by atoms with Gasteiger partial charge in [-0.3, -0.25) is 4.90 Å². The Morgan fingerprint density at radius 1 is 1.33 bits per heavy atom. The van der Waals surface area contributed by atoms with Gasteiger partial charge < -0.3 is 15.2 Å². The summed E-state index contributed by atoms with van der Waals surface area (Å²) in [5.74, 6) is 0.458. The van der Waals surface area contributed by atoms with E-state index in [-0.39, 0.29) is 30.6 Å². The second-order valence-electron chi connectivity index (χ2n) is 4.76. The van der Waals surface area contributed by atoms with Gasteiger partial charge in [0.15, 0.2) is 11.5 Å². The standard InChI is InChI=1S/C14H21ClN2O2.2ClH/c1-3-12(17-6-4-16-5-7-17)10-8-11(15)14(18)13(9-10)19-2;;/h8-9,12,16,18H,3-7H2,1-2H3;2*1H/t12-;;/m0../s1. The molecule has 21 heavy (non-hydrogen) atoms. The average molecular weight is 358 g/mol. The van der Waals surface area contributed by atoms with Crippen molar-refractivity contribution < 1.29 is 9.84 Å². The van der Waals surface area contributed by atoms with Crippen LogP contribution in [0.2, 0.25) is 5.02 Å². The third-order valence-corrected chi connectivity index (χ3v) is 3.92. The first-order valence-electron chi connectivity index (χ1n) is 6.68. The molecule has 0 spiro atoms. The number of ether oxygens (including phenoxy) is 1. The van der Waals surface area contributed by atoms with Crippen LogP contribution in [0.1, 0.15) is 24.9 Å². The molecule has 0 saturated carbocycles. The van der Waals surface area contributed by atoms with Crippen LogP contribution in [0.15, 0.2) is 12.1 Å². The molecule has 0 radical (unpaired) electrons. The molecule has 1 heterocycles. The van der Waals surface area contributed by atoms with Crippen molar-refractivity contribution in [3.05, 3.63) is 22.7 Å². The van der Waals surface area contributed by atoms with E-state index in [2.05, 4.69) is 17.1 Å². The number of rotatable bonds is 4. The minimum Gasteiger partial charge on any atom is -0.503 e. The van der Waals surface area contributed by atoms with Gasteiger partial charge in [-0.1, -0.05) is 18.5 Å². The molecule has 1 aliphatic heterocycles. The zero-order valence-corrected chi connectivity index (χ0v) is 14.7. The zero-order valence-electron chi connectivity index (χ0n) is 12.3. The smallest absolute Gasteiger partial charge is 0.176 e. The Bertz CT molecular complexity index is 440. The van der Waals surface area contributed by atoms with Gasteiger partial charge in [0, 0.05) is 32.2 Å². The van der Waals surface area contributed by atoms with E-state index < -0.39 is 0 Å². The third-order valence-electron chi connectivity index (χ3n) is 3.63. The number of halogens is 3. The molecular formula is C14H23Cl3N2O2. The van der Waals surface area contributed by atoms with Crippen LogP contribution in [0.25, 0.3) is 0 Å². The van der Waals surface area contributed by atoms with Gasteiger partial charge in [0.2, 0.25) is 0 Å². The minimum absolute atomic E-state index is 0. The van der Waals surface area contributed by atoms with Crippen LogP contribution in [0.4, 0.5) is 0 Å². The number of hydrogen-bond donors (Lipinski definition) is 2. The molecule has 1 aromatic carbocycles. The van der Waals surface area contributed by atoms with Crippen LogP contribution in [-0.4, -0.2) is 43.3 Å². The van der Waals surface area contributed by atoms with Gasteiger partial charge in [-0.15, -0.1) is 24.8 Å². The summed E-state index contributed by atoms with van der Waals surface area (Å²) in [5.41, 5.74) is 1.10. The molecule has 0 bridgehead atoms. The van der Waals surface area contributed by atoms with Gasteiger partial charge in [0.1, 0.15) is 0 Å². The summed E-state index contributed by atoms with van der Waals surface area (Å²) in [6, 6.07) is 4.04. The third kappa shape index (κ3) is 4.80. The fourth-order valence-electron chi connectivity index (χ4n) is 2.64. The maximum atomic E-state index is 9.81. The molecular weight excluding hydrogens is 335 g/mol. The van der Waals surface area contributed by atoms with Gasteiger partial charge in [0.05, 0.1) is 12.1 Å². The van der Waals surface area contributed by atoms with Gasteiger partial charge in [-0.05, 0) is 24.1 Å². The molecule has 1 atom stereocenters. The Morgan fingerprint density at radius 2 is 1.95 bits per heavy atom. The summed E-state index contributed by atoms with van der Waals surface area (Å²) in [4.78, 5) is 2.44. The molecule has 2 N–H and O–H groups in total. The number of hydrogen-bond acceptors (Lipinski definition) is 4. The van der Waals surface area contributed by atoms with E-state index in [9.17, 15) is 5.11 Å². The van der Waals surface area contributed by atoms with E-state index in [1.807, 2.05) is 12.1 Å². The van der Waals surface area contributed by atoms with Crippen LogP contribution in [0.5, 0.6) is 11.5 Å². The first-order valence-corrected chi connectivity index (χ1v) is 7.06. The largest absolute Gasteiger partial charge is 0.503 e. The lowest BCUT2D eigenvalue weighted by molar-refractivity contribution is 0.169. The molecule has 0 unspecified atom stereocenters. The summed E-state index contributed by atoms with van der Waals surface area (Å²) in [5, 5.41) is 13.5. The van der Waals surface area contributed by atoms with Gasteiger partial charge in [0.25, 0.3) is 0 Å². The van der Waals surface area contributed by atoms with Crippen molar-refractivity contribution in [1.82, 2.24) is 10.2 Å². The van der Waals surface area contributed by atoms with Crippen molar-refractivity contribution >= 4 is 36.4 Å². The lowest BCUT2D eigenvalue weighted by Crippen LogP contribution is -2.45. The predicted molar refractivity (Wildman–Crippen MR) is 91.6 cm³/mol. The number of aromatic hydroxyl groups is 1. The lowest BCUT2D eigenvalue weighted by atomic mass is 10.0. The molecule has 1 saturated heterocycles. The van der Waals surface area contributed by atoms with Crippen LogP contribution in [0, 0.1) is 0 Å². The molecule has 122 valence electrons. The summed E-state index contributed by atoms with van der Waals surface area (Å²) < 4.78 is 5.18. The summed E-state index contributed by atoms with van der Waals surface area (Å²) >= 11 is 6.08. The highest BCUT2D eigenvalue weighted by Crippen LogP contribution is 2.38. The van der Waals surface area contributed by atoms with E-state index in [0.717, 1.165) is 38.2 Å². The first kappa shape index (κ1) is 20.6. The first-order chi connectivity index (χ1) is 9.17. The quantitative estimate of drug-likeness (QED) is 0.868. The van der Waals surface area contributed by atoms with Gasteiger partial charge in [-0.2, -0.15) is 0 Å². The van der Waals surface area contributed by atoms with E-state index in [4.69, 9.17) is 16.3 Å². The topological polar surface area (TPSA) is 44.7 Å². The van der Waals surface area contributed by atoms with Crippen molar-refractivity contribution in [2.45, 2.75) is 19.4 Å². The fraction of sp³-hybridized carbons (Fsp3) is 0.571. The molecule has 2 rings (SSSR count). The number of piperazine rings is 1. The number of nitrogens with zero attached hydrogens (tertiary/aromatic N) is 1. The van der Waals surface area contributed by atoms with E-state index in [0.29, 0.717) is 16.8 Å². The summed E-state index contributed by atoms with van der Waals surface area (Å²) in [6.07, 6.45) is 1.00. The second-order valence-corrected chi connectivity index (χ2v) is 5.17. The normalized spacial score (nSPS) is 16.5. The van der Waals surface area contributed by atoms with Crippen LogP contribution in [0.3, 0.4) is 0 Å². The van der Waals surface area contributed by atoms with Crippen molar-refractivity contribution in [3.63, 3.8) is 0 Å². The van der Waals surface area contributed by atoms with Crippen LogP contribution in [-0.2, 0) is 0 Å². The number of methoxy groups -OCH3 is 1. The number of nitrogens with one attached hydrogen (secondary N) is 1. The average Bonchev–Trinajstić information content (AvgIpc) is 2.44. The summed E-state index contributed by atoms with van der Waals surface area (Å²) in [7, 11) is 1.54. The van der Waals surface area contributed by atoms with Crippen molar-refractivity contribution in [3.8, 4) is 11.5 Å². The van der Waals surface area contributed by atoms with Crippen molar-refractivity contribution in [1.29, 1.82) is 0 Å². The molecule has 4 nitrogen and oxygen atoms in total. The van der Waals surface area contributed by atoms with Crippen molar-refractivity contribution in [2.24, 2.45) is 0 Å². The Balaban J connectivity index is 0.00000200. The maximum Gasteiger partial charge on any atom is 0.176 e. The maximum absolute atomic E-state index is 9.81. The van der Waals surface area contributed by atoms with Crippen molar-refractivity contribution in [2.75, 3.05) is 33.3 Å². The highest BCUT2D eigenvalue weighted by atomic mass is 35.5. The second kappa shape index (κ2) is 9.59. The highest BCUT2D eigenvalue weighted by molar-refractivity contribution is 6.32. The van der Waals surface area contributed by atoms with E-state index in [1.54, 1.807) is 7.11 Å². The molecule has 1 aliphatic rings. The van der Waals surface area contributed by atoms with Gasteiger partial charge in [-0.25, -0.2) is 0 Å². The fourth-order valence-corrected chi connectivity index (χ4v) is 2.86. The Kier molecular flexibility index (Phi) is 9.41. The van der Waals surface area contributed by atoms with Gasteiger partial charge >= 0.3 is 0 Å². The monoisotopic (exact) mass is 356 g/mol. The lowest BCUT2D eigenvalue weighted by Gasteiger charge is -2.35. The number of phenolic OH excluding ortho intramolecular Hbond substituents is 1. The van der Waals surface area contributed by atoms with Crippen LogP contribution >= 0.6 is 36.4 Å². The summed E-state index contributed by atoms with van der Waals surface area (Å²) in [6.45, 7) is 6.25. The number of phenols is 1. The molecule has 1 aromatic rings.